The van der Waals surface area contributed by atoms with Crippen molar-refractivity contribution in [3.8, 4) is 11.4 Å². The Morgan fingerprint density at radius 3 is 2.68 bits per heavy atom. The van der Waals surface area contributed by atoms with Crippen LogP contribution in [0.25, 0.3) is 11.4 Å². The van der Waals surface area contributed by atoms with Gasteiger partial charge in [-0.3, -0.25) is 4.79 Å². The van der Waals surface area contributed by atoms with E-state index in [4.69, 9.17) is 0 Å². The zero-order valence-corrected chi connectivity index (χ0v) is 15.3. The molecule has 128 valence electrons. The first-order valence-corrected chi connectivity index (χ1v) is 8.98. The highest BCUT2D eigenvalue weighted by atomic mass is 32.2. The Hall–Kier alpha value is -2.60. The lowest BCUT2D eigenvalue weighted by Crippen LogP contribution is -2.14. The number of anilines is 1. The molecule has 0 fully saturated rings. The molecule has 0 aliphatic heterocycles. The molecule has 3 rings (SSSR count). The van der Waals surface area contributed by atoms with Gasteiger partial charge in [0.05, 0.1) is 5.75 Å². The molecule has 0 spiro atoms. The summed E-state index contributed by atoms with van der Waals surface area (Å²) in [6.07, 6.45) is 0. The van der Waals surface area contributed by atoms with Crippen LogP contribution in [0.3, 0.4) is 0 Å². The molecule has 0 aliphatic rings. The van der Waals surface area contributed by atoms with Crippen molar-refractivity contribution in [3.63, 3.8) is 0 Å². The van der Waals surface area contributed by atoms with Gasteiger partial charge in [0.1, 0.15) is 0 Å². The van der Waals surface area contributed by atoms with E-state index in [9.17, 15) is 4.79 Å². The smallest absolute Gasteiger partial charge is 0.234 e. The molecule has 0 saturated heterocycles. The second kappa shape index (κ2) is 7.53. The Balaban J connectivity index is 1.66. The highest BCUT2D eigenvalue weighted by molar-refractivity contribution is 7.99. The molecule has 3 aromatic rings. The van der Waals surface area contributed by atoms with Crippen molar-refractivity contribution < 1.29 is 4.79 Å². The molecular weight excluding hydrogens is 332 g/mol. The summed E-state index contributed by atoms with van der Waals surface area (Å²) in [5.41, 5.74) is 4.12. The molecule has 2 aromatic carbocycles. The van der Waals surface area contributed by atoms with Crippen LogP contribution in [-0.4, -0.2) is 26.4 Å². The Labute approximate surface area is 151 Å². The van der Waals surface area contributed by atoms with Crippen LogP contribution in [-0.2, 0) is 11.8 Å². The van der Waals surface area contributed by atoms with Crippen LogP contribution in [0.2, 0.25) is 0 Å². The third-order valence-electron chi connectivity index (χ3n) is 3.86. The SMILES string of the molecule is Cc1cccc(NC(=O)CSc2nnc(-c3ccccc3C)n2C)c1. The van der Waals surface area contributed by atoms with Crippen molar-refractivity contribution in [2.75, 3.05) is 11.1 Å². The fourth-order valence-electron chi connectivity index (χ4n) is 2.55. The van der Waals surface area contributed by atoms with Crippen molar-refractivity contribution in [2.24, 2.45) is 7.05 Å². The van der Waals surface area contributed by atoms with Gasteiger partial charge < -0.3 is 9.88 Å². The average Bonchev–Trinajstić information content (AvgIpc) is 2.94. The summed E-state index contributed by atoms with van der Waals surface area (Å²) >= 11 is 1.38. The van der Waals surface area contributed by atoms with Gasteiger partial charge in [-0.2, -0.15) is 0 Å². The lowest BCUT2D eigenvalue weighted by atomic mass is 10.1. The molecule has 0 radical (unpaired) electrons. The number of amides is 1. The van der Waals surface area contributed by atoms with Gasteiger partial charge in [-0.05, 0) is 37.1 Å². The molecule has 0 unspecified atom stereocenters. The number of hydrogen-bond donors (Lipinski definition) is 1. The number of benzene rings is 2. The first-order chi connectivity index (χ1) is 12.0. The van der Waals surface area contributed by atoms with E-state index in [1.165, 1.54) is 11.8 Å². The van der Waals surface area contributed by atoms with Gasteiger partial charge in [0.15, 0.2) is 11.0 Å². The van der Waals surface area contributed by atoms with Gasteiger partial charge in [-0.25, -0.2) is 0 Å². The third kappa shape index (κ3) is 4.09. The number of nitrogens with one attached hydrogen (secondary N) is 1. The van der Waals surface area contributed by atoms with Crippen LogP contribution in [0.15, 0.2) is 53.7 Å². The topological polar surface area (TPSA) is 59.8 Å². The number of carbonyl (C=O) groups is 1. The predicted molar refractivity (Wildman–Crippen MR) is 102 cm³/mol. The van der Waals surface area contributed by atoms with Crippen LogP contribution in [0.5, 0.6) is 0 Å². The van der Waals surface area contributed by atoms with Crippen molar-refractivity contribution in [1.82, 2.24) is 14.8 Å². The summed E-state index contributed by atoms with van der Waals surface area (Å²) < 4.78 is 1.92. The summed E-state index contributed by atoms with van der Waals surface area (Å²) in [6, 6.07) is 15.8. The average molecular weight is 352 g/mol. The first kappa shape index (κ1) is 17.2. The van der Waals surface area contributed by atoms with E-state index in [-0.39, 0.29) is 11.7 Å². The van der Waals surface area contributed by atoms with Gasteiger partial charge in [0, 0.05) is 18.3 Å². The second-order valence-corrected chi connectivity index (χ2v) is 6.83. The molecular formula is C19H20N4OS. The molecule has 0 atom stereocenters. The van der Waals surface area contributed by atoms with Crippen LogP contribution >= 0.6 is 11.8 Å². The molecule has 0 aliphatic carbocycles. The van der Waals surface area contributed by atoms with Crippen molar-refractivity contribution in [2.45, 2.75) is 19.0 Å². The maximum atomic E-state index is 12.1. The monoisotopic (exact) mass is 352 g/mol. The van der Waals surface area contributed by atoms with Gasteiger partial charge in [-0.15, -0.1) is 10.2 Å². The van der Waals surface area contributed by atoms with Crippen LogP contribution < -0.4 is 5.32 Å². The quantitative estimate of drug-likeness (QED) is 0.709. The van der Waals surface area contributed by atoms with Crippen LogP contribution in [0, 0.1) is 13.8 Å². The third-order valence-corrected chi connectivity index (χ3v) is 4.88. The Kier molecular flexibility index (Phi) is 5.19. The van der Waals surface area contributed by atoms with Crippen molar-refractivity contribution in [1.29, 1.82) is 0 Å². The minimum absolute atomic E-state index is 0.0592. The number of carbonyl (C=O) groups excluding carboxylic acids is 1. The highest BCUT2D eigenvalue weighted by Crippen LogP contribution is 2.25. The van der Waals surface area contributed by atoms with E-state index in [1.54, 1.807) is 0 Å². The van der Waals surface area contributed by atoms with Crippen molar-refractivity contribution in [3.05, 3.63) is 59.7 Å². The number of nitrogens with zero attached hydrogens (tertiary/aromatic N) is 3. The number of hydrogen-bond acceptors (Lipinski definition) is 4. The van der Waals surface area contributed by atoms with Gasteiger partial charge in [0.2, 0.25) is 5.91 Å². The van der Waals surface area contributed by atoms with Gasteiger partial charge in [-0.1, -0.05) is 48.2 Å². The van der Waals surface area contributed by atoms with Gasteiger partial charge >= 0.3 is 0 Å². The lowest BCUT2D eigenvalue weighted by molar-refractivity contribution is -0.113. The molecule has 1 N–H and O–H groups in total. The lowest BCUT2D eigenvalue weighted by Gasteiger charge is -2.07. The molecule has 0 bridgehead atoms. The summed E-state index contributed by atoms with van der Waals surface area (Å²) in [5, 5.41) is 12.1. The maximum absolute atomic E-state index is 12.1. The Bertz CT molecular complexity index is 904. The minimum atomic E-state index is -0.0592. The summed E-state index contributed by atoms with van der Waals surface area (Å²) in [5.74, 6) is 1.03. The number of aromatic nitrogens is 3. The normalized spacial score (nSPS) is 10.7. The first-order valence-electron chi connectivity index (χ1n) is 7.99. The van der Waals surface area contributed by atoms with E-state index >= 15 is 0 Å². The molecule has 5 nitrogen and oxygen atoms in total. The van der Waals surface area contributed by atoms with Crippen LogP contribution in [0.1, 0.15) is 11.1 Å². The van der Waals surface area contributed by atoms with E-state index in [2.05, 4.69) is 15.5 Å². The molecule has 1 amide bonds. The predicted octanol–water partition coefficient (Wildman–Crippen LogP) is 3.83. The zero-order valence-electron chi connectivity index (χ0n) is 14.5. The van der Waals surface area contributed by atoms with E-state index in [1.807, 2.05) is 74.0 Å². The van der Waals surface area contributed by atoms with E-state index in [0.717, 1.165) is 33.4 Å². The van der Waals surface area contributed by atoms with Crippen molar-refractivity contribution >= 4 is 23.4 Å². The largest absolute Gasteiger partial charge is 0.325 e. The zero-order chi connectivity index (χ0) is 17.8. The fraction of sp³-hybridized carbons (Fsp3) is 0.211. The fourth-order valence-corrected chi connectivity index (χ4v) is 3.26. The Morgan fingerprint density at radius 1 is 1.12 bits per heavy atom. The minimum Gasteiger partial charge on any atom is -0.325 e. The highest BCUT2D eigenvalue weighted by Gasteiger charge is 2.14. The van der Waals surface area contributed by atoms with Gasteiger partial charge in [0.25, 0.3) is 0 Å². The maximum Gasteiger partial charge on any atom is 0.234 e. The second-order valence-electron chi connectivity index (χ2n) is 5.89. The number of thioether (sulfide) groups is 1. The Morgan fingerprint density at radius 2 is 1.92 bits per heavy atom. The number of rotatable bonds is 5. The summed E-state index contributed by atoms with van der Waals surface area (Å²) in [4.78, 5) is 12.1. The molecule has 1 heterocycles. The molecule has 1 aromatic heterocycles. The van der Waals surface area contributed by atoms with E-state index in [0.29, 0.717) is 0 Å². The summed E-state index contributed by atoms with van der Waals surface area (Å²) in [7, 11) is 1.92. The molecule has 6 heteroatoms. The molecule has 25 heavy (non-hydrogen) atoms. The van der Waals surface area contributed by atoms with E-state index < -0.39 is 0 Å². The molecule has 0 saturated carbocycles. The number of aryl methyl sites for hydroxylation is 2. The summed E-state index contributed by atoms with van der Waals surface area (Å²) in [6.45, 7) is 4.04. The van der Waals surface area contributed by atoms with Crippen LogP contribution in [0.4, 0.5) is 5.69 Å². The standard InChI is InChI=1S/C19H20N4OS/c1-13-7-6-9-15(11-13)20-17(24)12-25-19-22-21-18(23(19)3)16-10-5-4-8-14(16)2/h4-11H,12H2,1-3H3,(H,20,24).